The SMILES string of the molecule is CC(C)(NCc1ccc2ccccc2n1)C(=O)O. The van der Waals surface area contributed by atoms with E-state index in [1.807, 2.05) is 36.4 Å². The van der Waals surface area contributed by atoms with Crippen molar-refractivity contribution in [1.82, 2.24) is 10.3 Å². The Hall–Kier alpha value is -1.94. The second-order valence-electron chi connectivity index (χ2n) is 4.78. The molecular formula is C14H16N2O2. The molecule has 0 aliphatic heterocycles. The molecule has 0 unspecified atom stereocenters. The quantitative estimate of drug-likeness (QED) is 0.865. The van der Waals surface area contributed by atoms with Gasteiger partial charge >= 0.3 is 5.97 Å². The lowest BCUT2D eigenvalue weighted by atomic mass is 10.1. The van der Waals surface area contributed by atoms with Gasteiger partial charge in [-0.15, -0.1) is 0 Å². The molecule has 4 nitrogen and oxygen atoms in total. The molecule has 2 aromatic rings. The van der Waals surface area contributed by atoms with E-state index >= 15 is 0 Å². The molecule has 2 rings (SSSR count). The van der Waals surface area contributed by atoms with E-state index in [1.54, 1.807) is 13.8 Å². The van der Waals surface area contributed by atoms with Crippen LogP contribution in [0.25, 0.3) is 10.9 Å². The molecule has 0 saturated heterocycles. The van der Waals surface area contributed by atoms with Crippen LogP contribution in [-0.2, 0) is 11.3 Å². The number of nitrogens with one attached hydrogen (secondary N) is 1. The van der Waals surface area contributed by atoms with E-state index in [2.05, 4.69) is 10.3 Å². The van der Waals surface area contributed by atoms with Crippen LogP contribution in [0.15, 0.2) is 36.4 Å². The average Bonchev–Trinajstić information content (AvgIpc) is 2.36. The van der Waals surface area contributed by atoms with E-state index in [-0.39, 0.29) is 0 Å². The largest absolute Gasteiger partial charge is 0.480 e. The molecule has 1 aromatic carbocycles. The minimum absolute atomic E-state index is 0.435. The molecule has 0 radical (unpaired) electrons. The maximum absolute atomic E-state index is 11.0. The Kier molecular flexibility index (Phi) is 3.30. The van der Waals surface area contributed by atoms with Crippen molar-refractivity contribution >= 4 is 16.9 Å². The normalized spacial score (nSPS) is 11.7. The first-order valence-electron chi connectivity index (χ1n) is 5.82. The van der Waals surface area contributed by atoms with Crippen molar-refractivity contribution in [2.75, 3.05) is 0 Å². The lowest BCUT2D eigenvalue weighted by Crippen LogP contribution is -2.46. The molecule has 0 spiro atoms. The van der Waals surface area contributed by atoms with E-state index < -0.39 is 11.5 Å². The molecular weight excluding hydrogens is 228 g/mol. The summed E-state index contributed by atoms with van der Waals surface area (Å²) >= 11 is 0. The monoisotopic (exact) mass is 244 g/mol. The highest BCUT2D eigenvalue weighted by atomic mass is 16.4. The van der Waals surface area contributed by atoms with Crippen LogP contribution in [0.3, 0.4) is 0 Å². The molecule has 94 valence electrons. The number of aromatic nitrogens is 1. The first-order chi connectivity index (χ1) is 8.49. The Balaban J connectivity index is 2.15. The number of fused-ring (bicyclic) bond motifs is 1. The Morgan fingerprint density at radius 2 is 2.00 bits per heavy atom. The second-order valence-corrected chi connectivity index (χ2v) is 4.78. The van der Waals surface area contributed by atoms with Gasteiger partial charge in [0.1, 0.15) is 5.54 Å². The highest BCUT2D eigenvalue weighted by molar-refractivity contribution is 5.78. The van der Waals surface area contributed by atoms with Crippen LogP contribution >= 0.6 is 0 Å². The topological polar surface area (TPSA) is 62.2 Å². The summed E-state index contributed by atoms with van der Waals surface area (Å²) in [7, 11) is 0. The molecule has 0 saturated carbocycles. The van der Waals surface area contributed by atoms with Gasteiger partial charge in [0.15, 0.2) is 0 Å². The summed E-state index contributed by atoms with van der Waals surface area (Å²) in [6.45, 7) is 3.71. The van der Waals surface area contributed by atoms with Crippen molar-refractivity contribution in [3.05, 3.63) is 42.1 Å². The molecule has 18 heavy (non-hydrogen) atoms. The summed E-state index contributed by atoms with van der Waals surface area (Å²) in [4.78, 5) is 15.5. The zero-order valence-electron chi connectivity index (χ0n) is 10.5. The summed E-state index contributed by atoms with van der Waals surface area (Å²) in [5.74, 6) is -0.872. The number of hydrogen-bond donors (Lipinski definition) is 2. The molecule has 0 atom stereocenters. The fourth-order valence-electron chi connectivity index (χ4n) is 1.59. The third-order valence-corrected chi connectivity index (χ3v) is 2.90. The van der Waals surface area contributed by atoms with Crippen LogP contribution < -0.4 is 5.32 Å². The number of hydrogen-bond acceptors (Lipinski definition) is 3. The van der Waals surface area contributed by atoms with Crippen molar-refractivity contribution in [2.45, 2.75) is 25.9 Å². The smallest absolute Gasteiger partial charge is 0.323 e. The van der Waals surface area contributed by atoms with Gasteiger partial charge in [-0.2, -0.15) is 0 Å². The van der Waals surface area contributed by atoms with Crippen molar-refractivity contribution in [3.63, 3.8) is 0 Å². The van der Waals surface area contributed by atoms with Gasteiger partial charge in [0, 0.05) is 11.9 Å². The third-order valence-electron chi connectivity index (χ3n) is 2.90. The van der Waals surface area contributed by atoms with E-state index in [9.17, 15) is 4.79 Å². The molecule has 0 amide bonds. The first kappa shape index (κ1) is 12.5. The van der Waals surface area contributed by atoms with Crippen LogP contribution in [-0.4, -0.2) is 21.6 Å². The fraction of sp³-hybridized carbons (Fsp3) is 0.286. The first-order valence-corrected chi connectivity index (χ1v) is 5.82. The van der Waals surface area contributed by atoms with Crippen LogP contribution in [0, 0.1) is 0 Å². The third kappa shape index (κ3) is 2.65. The van der Waals surface area contributed by atoms with E-state index in [1.165, 1.54) is 0 Å². The van der Waals surface area contributed by atoms with Gasteiger partial charge in [0.05, 0.1) is 11.2 Å². The second kappa shape index (κ2) is 4.74. The molecule has 0 bridgehead atoms. The van der Waals surface area contributed by atoms with E-state index in [0.717, 1.165) is 16.6 Å². The number of carboxylic acid groups (broad SMARTS) is 1. The lowest BCUT2D eigenvalue weighted by Gasteiger charge is -2.20. The van der Waals surface area contributed by atoms with Gasteiger partial charge in [-0.25, -0.2) is 0 Å². The zero-order valence-corrected chi connectivity index (χ0v) is 10.5. The summed E-state index contributed by atoms with van der Waals surface area (Å²) < 4.78 is 0. The minimum Gasteiger partial charge on any atom is -0.480 e. The van der Waals surface area contributed by atoms with Crippen LogP contribution in [0.4, 0.5) is 0 Å². The van der Waals surface area contributed by atoms with Crippen molar-refractivity contribution in [2.24, 2.45) is 0 Å². The number of para-hydroxylation sites is 1. The lowest BCUT2D eigenvalue weighted by molar-refractivity contribution is -0.143. The predicted molar refractivity (Wildman–Crippen MR) is 70.3 cm³/mol. The number of carboxylic acids is 1. The maximum Gasteiger partial charge on any atom is 0.323 e. The maximum atomic E-state index is 11.0. The van der Waals surface area contributed by atoms with Crippen LogP contribution in [0.5, 0.6) is 0 Å². The summed E-state index contributed by atoms with van der Waals surface area (Å²) in [6.07, 6.45) is 0. The molecule has 0 fully saturated rings. The Bertz CT molecular complexity index is 579. The number of nitrogens with zero attached hydrogens (tertiary/aromatic N) is 1. The molecule has 2 N–H and O–H groups in total. The van der Waals surface area contributed by atoms with Crippen molar-refractivity contribution in [1.29, 1.82) is 0 Å². The van der Waals surface area contributed by atoms with Crippen LogP contribution in [0.1, 0.15) is 19.5 Å². The highest BCUT2D eigenvalue weighted by Crippen LogP contribution is 2.12. The zero-order chi connectivity index (χ0) is 13.2. The standard InChI is InChI=1S/C14H16N2O2/c1-14(2,13(17)18)15-9-11-8-7-10-5-3-4-6-12(10)16-11/h3-8,15H,9H2,1-2H3,(H,17,18). The molecule has 1 heterocycles. The summed E-state index contributed by atoms with van der Waals surface area (Å²) in [5, 5.41) is 13.1. The van der Waals surface area contributed by atoms with Crippen LogP contribution in [0.2, 0.25) is 0 Å². The Morgan fingerprint density at radius 1 is 1.28 bits per heavy atom. The van der Waals surface area contributed by atoms with Gasteiger partial charge in [0.2, 0.25) is 0 Å². The number of aliphatic carboxylic acids is 1. The predicted octanol–water partition coefficient (Wildman–Crippen LogP) is 2.19. The van der Waals surface area contributed by atoms with E-state index in [0.29, 0.717) is 6.54 Å². The summed E-state index contributed by atoms with van der Waals surface area (Å²) in [6, 6.07) is 11.8. The minimum atomic E-state index is -0.951. The molecule has 0 aliphatic carbocycles. The average molecular weight is 244 g/mol. The number of rotatable bonds is 4. The molecule has 4 heteroatoms. The van der Waals surface area contributed by atoms with Gasteiger partial charge in [-0.05, 0) is 26.0 Å². The Labute approximate surface area is 106 Å². The van der Waals surface area contributed by atoms with Gasteiger partial charge in [-0.1, -0.05) is 24.3 Å². The Morgan fingerprint density at radius 3 is 2.72 bits per heavy atom. The van der Waals surface area contributed by atoms with Gasteiger partial charge in [-0.3, -0.25) is 15.1 Å². The number of carbonyl (C=O) groups is 1. The van der Waals surface area contributed by atoms with Gasteiger partial charge < -0.3 is 5.11 Å². The molecule has 1 aromatic heterocycles. The van der Waals surface area contributed by atoms with Crippen molar-refractivity contribution in [3.8, 4) is 0 Å². The van der Waals surface area contributed by atoms with Gasteiger partial charge in [0.25, 0.3) is 0 Å². The number of benzene rings is 1. The highest BCUT2D eigenvalue weighted by Gasteiger charge is 2.25. The fourth-order valence-corrected chi connectivity index (χ4v) is 1.59. The molecule has 0 aliphatic rings. The summed E-state index contributed by atoms with van der Waals surface area (Å²) in [5.41, 5.74) is 0.806. The number of pyridine rings is 1. The van der Waals surface area contributed by atoms with Crippen molar-refractivity contribution < 1.29 is 9.90 Å². The van der Waals surface area contributed by atoms with E-state index in [4.69, 9.17) is 5.11 Å².